The topological polar surface area (TPSA) is 74.0 Å². The predicted molar refractivity (Wildman–Crippen MR) is 124 cm³/mol. The minimum Gasteiger partial charge on any atom is -0.471 e. The minimum atomic E-state index is -0.400. The van der Waals surface area contributed by atoms with Crippen molar-refractivity contribution in [2.24, 2.45) is 0 Å². The highest BCUT2D eigenvalue weighted by Gasteiger charge is 2.14. The van der Waals surface area contributed by atoms with Crippen LogP contribution in [0.5, 0.6) is 5.75 Å². The van der Waals surface area contributed by atoms with Crippen LogP contribution < -0.4 is 10.1 Å². The van der Waals surface area contributed by atoms with Gasteiger partial charge in [-0.15, -0.1) is 0 Å². The summed E-state index contributed by atoms with van der Waals surface area (Å²) in [5, 5.41) is 12.1. The third-order valence-electron chi connectivity index (χ3n) is 5.15. The standard InChI is InChI=1S/C24H23ClFN5O2/c1-15-10-19(11-16(2)23(15)25)33-14-30-9-8-21(28-30)24(32)27-22-12-17(3)31(29-22)13-18-6-4-5-7-20(18)26/h4-12H,13-14H2,1-3H3,(H,27,29,32). The SMILES string of the molecule is Cc1cc(OCn2ccc(C(=O)Nc3cc(C)n(Cc4ccccc4F)n3)n2)cc(C)c1Cl. The summed E-state index contributed by atoms with van der Waals surface area (Å²) >= 11 is 6.19. The molecule has 2 heterocycles. The molecule has 4 aromatic rings. The van der Waals surface area contributed by atoms with Crippen molar-refractivity contribution >= 4 is 23.3 Å². The summed E-state index contributed by atoms with van der Waals surface area (Å²) in [6.07, 6.45) is 1.66. The number of nitrogens with zero attached hydrogens (tertiary/aromatic N) is 4. The number of halogens is 2. The molecule has 0 bridgehead atoms. The number of carbonyl (C=O) groups is 1. The number of rotatable bonds is 7. The van der Waals surface area contributed by atoms with Crippen molar-refractivity contribution in [3.05, 3.63) is 93.6 Å². The number of amides is 1. The maximum Gasteiger partial charge on any atom is 0.277 e. The normalized spacial score (nSPS) is 10.9. The number of aromatic nitrogens is 4. The molecule has 0 radical (unpaired) electrons. The summed E-state index contributed by atoms with van der Waals surface area (Å²) in [6.45, 7) is 6.08. The molecule has 0 atom stereocenters. The molecule has 1 amide bonds. The van der Waals surface area contributed by atoms with Crippen molar-refractivity contribution in [3.8, 4) is 5.75 Å². The van der Waals surface area contributed by atoms with E-state index in [4.69, 9.17) is 16.3 Å². The number of carbonyl (C=O) groups excluding carboxylic acids is 1. The Morgan fingerprint density at radius 3 is 2.55 bits per heavy atom. The molecule has 2 aromatic heterocycles. The van der Waals surface area contributed by atoms with E-state index in [1.54, 1.807) is 41.2 Å². The van der Waals surface area contributed by atoms with Gasteiger partial charge >= 0.3 is 0 Å². The van der Waals surface area contributed by atoms with Crippen LogP contribution in [0.4, 0.5) is 10.2 Å². The van der Waals surface area contributed by atoms with Gasteiger partial charge in [-0.05, 0) is 56.2 Å². The molecular weight excluding hydrogens is 445 g/mol. The molecule has 4 rings (SSSR count). The predicted octanol–water partition coefficient (Wildman–Crippen LogP) is 5.13. The first-order valence-electron chi connectivity index (χ1n) is 10.3. The molecule has 0 aliphatic carbocycles. The zero-order valence-corrected chi connectivity index (χ0v) is 19.2. The first-order valence-corrected chi connectivity index (χ1v) is 10.7. The van der Waals surface area contributed by atoms with E-state index in [9.17, 15) is 9.18 Å². The number of ether oxygens (including phenoxy) is 1. The molecule has 0 spiro atoms. The maximum absolute atomic E-state index is 13.9. The van der Waals surface area contributed by atoms with E-state index in [0.29, 0.717) is 22.2 Å². The molecule has 170 valence electrons. The van der Waals surface area contributed by atoms with Crippen molar-refractivity contribution in [3.63, 3.8) is 0 Å². The first-order chi connectivity index (χ1) is 15.8. The lowest BCUT2D eigenvalue weighted by atomic mass is 10.1. The van der Waals surface area contributed by atoms with Gasteiger partial charge in [0, 0.05) is 28.5 Å². The fourth-order valence-corrected chi connectivity index (χ4v) is 3.49. The zero-order chi connectivity index (χ0) is 23.5. The Bertz CT molecular complexity index is 1290. The van der Waals surface area contributed by atoms with Gasteiger partial charge < -0.3 is 10.1 Å². The van der Waals surface area contributed by atoms with E-state index in [-0.39, 0.29) is 24.8 Å². The lowest BCUT2D eigenvalue weighted by molar-refractivity contribution is 0.101. The van der Waals surface area contributed by atoms with Crippen molar-refractivity contribution in [1.29, 1.82) is 0 Å². The highest BCUT2D eigenvalue weighted by Crippen LogP contribution is 2.26. The summed E-state index contributed by atoms with van der Waals surface area (Å²) in [4.78, 5) is 12.6. The molecule has 0 saturated heterocycles. The molecule has 0 fully saturated rings. The highest BCUT2D eigenvalue weighted by molar-refractivity contribution is 6.32. The fourth-order valence-electron chi connectivity index (χ4n) is 3.38. The third kappa shape index (κ3) is 5.23. The first kappa shape index (κ1) is 22.5. The van der Waals surface area contributed by atoms with E-state index in [0.717, 1.165) is 16.8 Å². The Kier molecular flexibility index (Phi) is 6.46. The van der Waals surface area contributed by atoms with Crippen molar-refractivity contribution in [1.82, 2.24) is 19.6 Å². The van der Waals surface area contributed by atoms with Crippen LogP contribution in [0.1, 0.15) is 32.9 Å². The molecule has 0 saturated carbocycles. The summed E-state index contributed by atoms with van der Waals surface area (Å²) in [5.41, 5.74) is 3.39. The van der Waals surface area contributed by atoms with Gasteiger partial charge in [-0.1, -0.05) is 29.8 Å². The number of anilines is 1. The Morgan fingerprint density at radius 2 is 1.82 bits per heavy atom. The van der Waals surface area contributed by atoms with Crippen LogP contribution in [0.2, 0.25) is 5.02 Å². The van der Waals surface area contributed by atoms with Crippen LogP contribution in [0.3, 0.4) is 0 Å². The van der Waals surface area contributed by atoms with Gasteiger partial charge in [-0.2, -0.15) is 10.2 Å². The summed E-state index contributed by atoms with van der Waals surface area (Å²) < 4.78 is 22.9. The molecule has 1 N–H and O–H groups in total. The number of hydrogen-bond acceptors (Lipinski definition) is 4. The Labute approximate surface area is 195 Å². The highest BCUT2D eigenvalue weighted by atomic mass is 35.5. The molecule has 0 unspecified atom stereocenters. The monoisotopic (exact) mass is 467 g/mol. The summed E-state index contributed by atoms with van der Waals surface area (Å²) in [7, 11) is 0. The van der Waals surface area contributed by atoms with Gasteiger partial charge in [0.1, 0.15) is 11.6 Å². The second kappa shape index (κ2) is 9.46. The number of aryl methyl sites for hydroxylation is 3. The van der Waals surface area contributed by atoms with Crippen molar-refractivity contribution < 1.29 is 13.9 Å². The van der Waals surface area contributed by atoms with Gasteiger partial charge in [0.15, 0.2) is 18.2 Å². The van der Waals surface area contributed by atoms with E-state index in [1.807, 2.05) is 32.9 Å². The zero-order valence-electron chi connectivity index (χ0n) is 18.5. The van der Waals surface area contributed by atoms with Crippen LogP contribution in [0, 0.1) is 26.6 Å². The van der Waals surface area contributed by atoms with E-state index in [1.165, 1.54) is 10.7 Å². The molecule has 7 nitrogen and oxygen atoms in total. The molecule has 2 aromatic carbocycles. The summed E-state index contributed by atoms with van der Waals surface area (Å²) in [5.74, 6) is 0.343. The molecule has 0 aliphatic heterocycles. The smallest absolute Gasteiger partial charge is 0.277 e. The number of nitrogens with one attached hydrogen (secondary N) is 1. The second-order valence-electron chi connectivity index (χ2n) is 7.76. The molecule has 33 heavy (non-hydrogen) atoms. The Morgan fingerprint density at radius 1 is 1.09 bits per heavy atom. The van der Waals surface area contributed by atoms with Crippen molar-refractivity contribution in [2.75, 3.05) is 5.32 Å². The lowest BCUT2D eigenvalue weighted by Crippen LogP contribution is -2.15. The van der Waals surface area contributed by atoms with Crippen LogP contribution in [-0.4, -0.2) is 25.5 Å². The van der Waals surface area contributed by atoms with Gasteiger partial charge in [-0.3, -0.25) is 9.48 Å². The number of hydrogen-bond donors (Lipinski definition) is 1. The number of benzene rings is 2. The third-order valence-corrected chi connectivity index (χ3v) is 5.74. The Balaban J connectivity index is 1.38. The van der Waals surface area contributed by atoms with Crippen molar-refractivity contribution in [2.45, 2.75) is 34.0 Å². The van der Waals surface area contributed by atoms with Crippen LogP contribution in [0.25, 0.3) is 0 Å². The Hall–Kier alpha value is -3.65. The van der Waals surface area contributed by atoms with E-state index in [2.05, 4.69) is 15.5 Å². The van der Waals surface area contributed by atoms with E-state index < -0.39 is 5.91 Å². The quantitative estimate of drug-likeness (QED) is 0.408. The van der Waals surface area contributed by atoms with Crippen LogP contribution >= 0.6 is 11.6 Å². The molecule has 0 aliphatic rings. The van der Waals surface area contributed by atoms with Gasteiger partial charge in [-0.25, -0.2) is 9.07 Å². The average molecular weight is 468 g/mol. The second-order valence-corrected chi connectivity index (χ2v) is 8.14. The van der Waals surface area contributed by atoms with Crippen LogP contribution in [0.15, 0.2) is 54.7 Å². The van der Waals surface area contributed by atoms with Gasteiger partial charge in [0.25, 0.3) is 5.91 Å². The lowest BCUT2D eigenvalue weighted by Gasteiger charge is -2.10. The maximum atomic E-state index is 13.9. The minimum absolute atomic E-state index is 0.143. The average Bonchev–Trinajstić information content (AvgIpc) is 3.39. The molecule has 9 heteroatoms. The fraction of sp³-hybridized carbons (Fsp3) is 0.208. The van der Waals surface area contributed by atoms with E-state index >= 15 is 0 Å². The van der Waals surface area contributed by atoms with Gasteiger partial charge in [0.2, 0.25) is 0 Å². The largest absolute Gasteiger partial charge is 0.471 e. The summed E-state index contributed by atoms with van der Waals surface area (Å²) in [6, 6.07) is 13.6. The van der Waals surface area contributed by atoms with Gasteiger partial charge in [0.05, 0.1) is 6.54 Å². The molecular formula is C24H23ClFN5O2. The van der Waals surface area contributed by atoms with Crippen LogP contribution in [-0.2, 0) is 13.3 Å².